The van der Waals surface area contributed by atoms with E-state index in [-0.39, 0.29) is 12.1 Å². The van der Waals surface area contributed by atoms with Crippen LogP contribution in [0.5, 0.6) is 17.2 Å². The van der Waals surface area contributed by atoms with E-state index in [2.05, 4.69) is 37.2 Å². The highest BCUT2D eigenvalue weighted by molar-refractivity contribution is 5.89. The zero-order valence-corrected chi connectivity index (χ0v) is 25.4. The second-order valence-electron chi connectivity index (χ2n) is 10.6. The summed E-state index contributed by atoms with van der Waals surface area (Å²) >= 11 is 0. The van der Waals surface area contributed by atoms with Crippen LogP contribution >= 0.6 is 0 Å². The topological polar surface area (TPSA) is 141 Å². The molecule has 2 aliphatic heterocycles. The molecule has 1 amide bonds. The number of hydrogen-bond donors (Lipinski definition) is 3. The van der Waals surface area contributed by atoms with Gasteiger partial charge in [0.15, 0.2) is 5.82 Å². The number of carbonyl (C=O) groups excluding carboxylic acids is 1. The van der Waals surface area contributed by atoms with Gasteiger partial charge in [-0.3, -0.25) is 4.79 Å². The van der Waals surface area contributed by atoms with Crippen molar-refractivity contribution in [1.82, 2.24) is 19.9 Å². The number of hydrogen-bond acceptors (Lipinski definition) is 11. The lowest BCUT2D eigenvalue weighted by atomic mass is 10.1. The number of rotatable bonds is 9. The average Bonchev–Trinajstić information content (AvgIpc) is 3.29. The lowest BCUT2D eigenvalue weighted by Gasteiger charge is -2.39. The second kappa shape index (κ2) is 13.4. The van der Waals surface area contributed by atoms with Gasteiger partial charge in [0.25, 0.3) is 0 Å². The van der Waals surface area contributed by atoms with Crippen LogP contribution in [-0.2, 0) is 4.79 Å². The van der Waals surface area contributed by atoms with Gasteiger partial charge in [0.2, 0.25) is 6.41 Å². The van der Waals surface area contributed by atoms with Gasteiger partial charge in [-0.2, -0.15) is 5.11 Å². The lowest BCUT2D eigenvalue weighted by molar-refractivity contribution is -0.121. The van der Waals surface area contributed by atoms with Gasteiger partial charge in [-0.15, -0.1) is 6.58 Å². The number of pyridine rings is 1. The molecule has 12 nitrogen and oxygen atoms in total. The summed E-state index contributed by atoms with van der Waals surface area (Å²) in [6.07, 6.45) is 6.28. The number of piperazine rings is 1. The molecule has 228 valence electrons. The van der Waals surface area contributed by atoms with Crippen molar-refractivity contribution < 1.29 is 14.3 Å². The fourth-order valence-electron chi connectivity index (χ4n) is 5.67. The summed E-state index contributed by atoms with van der Waals surface area (Å²) in [5.41, 5.74) is 11.6. The average molecular weight is 596 g/mol. The van der Waals surface area contributed by atoms with Gasteiger partial charge in [-0.1, -0.05) is 6.08 Å². The molecule has 2 atom stereocenters. The van der Waals surface area contributed by atoms with E-state index in [0.717, 1.165) is 54.9 Å². The molecule has 0 spiro atoms. The Bertz CT molecular complexity index is 1660. The smallest absolute Gasteiger partial charge is 0.210 e. The molecule has 44 heavy (non-hydrogen) atoms. The summed E-state index contributed by atoms with van der Waals surface area (Å²) in [6, 6.07) is 13.5. The number of methoxy groups -OCH3 is 1. The number of amides is 1. The summed E-state index contributed by atoms with van der Waals surface area (Å²) in [6.45, 7) is 8.71. The van der Waals surface area contributed by atoms with E-state index in [1.54, 1.807) is 26.3 Å². The third-order valence-electron chi connectivity index (χ3n) is 7.79. The molecule has 3 N–H and O–H groups in total. The highest BCUT2D eigenvalue weighted by Crippen LogP contribution is 2.39. The van der Waals surface area contributed by atoms with Crippen molar-refractivity contribution in [3.05, 3.63) is 67.0 Å². The van der Waals surface area contributed by atoms with Gasteiger partial charge in [0.05, 0.1) is 24.0 Å². The Morgan fingerprint density at radius 2 is 1.82 bits per heavy atom. The molecule has 2 saturated heterocycles. The van der Waals surface area contributed by atoms with Gasteiger partial charge in [0, 0.05) is 44.4 Å². The molecule has 0 saturated carbocycles. The Balaban J connectivity index is 0.00000123. The molecule has 4 aromatic rings. The van der Waals surface area contributed by atoms with E-state index in [4.69, 9.17) is 20.0 Å². The van der Waals surface area contributed by atoms with E-state index < -0.39 is 0 Å². The van der Waals surface area contributed by atoms with Crippen LogP contribution < -0.4 is 25.0 Å². The molecule has 4 heterocycles. The molecule has 0 aliphatic carbocycles. The largest absolute Gasteiger partial charge is 0.494 e. The van der Waals surface area contributed by atoms with Crippen molar-refractivity contribution in [2.45, 2.75) is 38.8 Å². The first-order valence-electron chi connectivity index (χ1n) is 14.4. The van der Waals surface area contributed by atoms with E-state index in [9.17, 15) is 4.79 Å². The molecule has 2 unspecified atom stereocenters. The maximum Gasteiger partial charge on any atom is 0.210 e. The first kappa shape index (κ1) is 30.2. The molecule has 2 aromatic heterocycles. The molecule has 12 heteroatoms. The lowest BCUT2D eigenvalue weighted by Crippen LogP contribution is -2.53. The van der Waals surface area contributed by atoms with Crippen molar-refractivity contribution in [3.63, 3.8) is 0 Å². The van der Waals surface area contributed by atoms with Crippen LogP contribution in [0.15, 0.2) is 66.6 Å². The molecule has 6 rings (SSSR count). The minimum atomic E-state index is 0.218. The minimum Gasteiger partial charge on any atom is -0.494 e. The Morgan fingerprint density at radius 1 is 1.07 bits per heavy atom. The maximum atomic E-state index is 11.5. The summed E-state index contributed by atoms with van der Waals surface area (Å²) in [7, 11) is 3.38. The third-order valence-corrected chi connectivity index (χ3v) is 7.79. The number of anilines is 4. The monoisotopic (exact) mass is 595 g/mol. The van der Waals surface area contributed by atoms with Crippen molar-refractivity contribution in [1.29, 1.82) is 5.53 Å². The molecular formula is C32H37N9O3. The first-order chi connectivity index (χ1) is 21.4. The molecule has 2 aromatic carbocycles. The van der Waals surface area contributed by atoms with Gasteiger partial charge >= 0.3 is 0 Å². The number of nitrogens with zero attached hydrogens (tertiary/aromatic N) is 6. The van der Waals surface area contributed by atoms with Crippen molar-refractivity contribution >= 4 is 46.1 Å². The molecular weight excluding hydrogens is 558 g/mol. The van der Waals surface area contributed by atoms with E-state index in [1.165, 1.54) is 6.33 Å². The zero-order valence-electron chi connectivity index (χ0n) is 25.4. The second-order valence-corrected chi connectivity index (χ2v) is 10.6. The summed E-state index contributed by atoms with van der Waals surface area (Å²) in [4.78, 5) is 29.6. The quantitative estimate of drug-likeness (QED) is 0.111. The molecule has 2 bridgehead atoms. The Morgan fingerprint density at radius 3 is 2.48 bits per heavy atom. The van der Waals surface area contributed by atoms with Gasteiger partial charge in [-0.25, -0.2) is 20.5 Å². The number of fused-ring (bicyclic) bond motifs is 3. The highest BCUT2D eigenvalue weighted by Gasteiger charge is 2.39. The van der Waals surface area contributed by atoms with Crippen LogP contribution in [0.4, 0.5) is 28.7 Å². The van der Waals surface area contributed by atoms with Crippen LogP contribution in [-0.4, -0.2) is 65.6 Å². The Labute approximate surface area is 256 Å². The van der Waals surface area contributed by atoms with E-state index >= 15 is 0 Å². The van der Waals surface area contributed by atoms with Crippen LogP contribution in [0, 0.1) is 12.5 Å². The van der Waals surface area contributed by atoms with Crippen LogP contribution in [0.25, 0.3) is 11.0 Å². The van der Waals surface area contributed by atoms with Crippen molar-refractivity contribution in [2.24, 2.45) is 5.11 Å². The van der Waals surface area contributed by atoms with E-state index in [1.807, 2.05) is 55.1 Å². The van der Waals surface area contributed by atoms with Crippen LogP contribution in [0.2, 0.25) is 0 Å². The first-order valence-corrected chi connectivity index (χ1v) is 14.4. The Hall–Kier alpha value is -5.26. The standard InChI is InChI=1S/C29H31N9O3.C3H6/c1-17-10-24(26(40-3)12-25(17)41-20-6-7-21(31-2)23(11-20)36-30)34-29-28-22(32-15-33-29)8-9-27(35-28)37-13-18-4-5-19(14-37)38(18)16-39;1-3-2/h6-12,15-16,18-19,30-31H,4-5,13-14H2,1-3H3,(H,32,33,34);3H,1H2,2H3. The molecule has 2 fully saturated rings. The zero-order chi connectivity index (χ0) is 31.2. The number of carbonyl (C=O) groups is 1. The number of nitrogens with one attached hydrogen (secondary N) is 3. The van der Waals surface area contributed by atoms with Gasteiger partial charge in [-0.05, 0) is 62.6 Å². The number of ether oxygens (including phenoxy) is 2. The SMILES string of the molecule is C=CC.CNc1ccc(Oc2cc(OC)c(Nc3ncnc4ccc(N5CC6CCC(C5)N6C=O)nc34)cc2C)cc1N=N. The summed E-state index contributed by atoms with van der Waals surface area (Å²) < 4.78 is 11.9. The number of allylic oxidation sites excluding steroid dienone is 1. The fourth-order valence-corrected chi connectivity index (χ4v) is 5.67. The number of benzene rings is 2. The van der Waals surface area contributed by atoms with Crippen molar-refractivity contribution in [3.8, 4) is 17.2 Å². The molecule has 2 aliphatic rings. The fraction of sp³-hybridized carbons (Fsp3) is 0.312. The predicted octanol–water partition coefficient (Wildman–Crippen LogP) is 6.58. The number of aryl methyl sites for hydroxylation is 1. The maximum absolute atomic E-state index is 11.5. The van der Waals surface area contributed by atoms with Crippen LogP contribution in [0.1, 0.15) is 25.3 Å². The van der Waals surface area contributed by atoms with Crippen LogP contribution in [0.3, 0.4) is 0 Å². The number of aromatic nitrogens is 3. The third kappa shape index (κ3) is 6.10. The normalized spacial score (nSPS) is 16.9. The molecule has 0 radical (unpaired) electrons. The Kier molecular flexibility index (Phi) is 9.17. The highest BCUT2D eigenvalue weighted by atomic mass is 16.5. The van der Waals surface area contributed by atoms with Gasteiger partial charge in [0.1, 0.15) is 40.6 Å². The predicted molar refractivity (Wildman–Crippen MR) is 172 cm³/mol. The van der Waals surface area contributed by atoms with Gasteiger partial charge < -0.3 is 29.9 Å². The van der Waals surface area contributed by atoms with Crippen molar-refractivity contribution in [2.75, 3.05) is 42.8 Å². The van der Waals surface area contributed by atoms with E-state index in [0.29, 0.717) is 40.0 Å². The summed E-state index contributed by atoms with van der Waals surface area (Å²) in [5, 5.41) is 9.98. The minimum absolute atomic E-state index is 0.218. The summed E-state index contributed by atoms with van der Waals surface area (Å²) in [5.74, 6) is 3.13.